The molecule has 0 aliphatic rings. The molecule has 1 rings (SSSR count). The standard InChI is InChI=1S/C11H15N3OS/c1-9-7-12-8-10(13-9)11(15)14(2)5-4-6-16-3/h1,7-8H,4-6H2,2-3H3. The van der Waals surface area contributed by atoms with Gasteiger partial charge in [0.05, 0.1) is 11.9 Å². The molecule has 0 spiro atoms. The van der Waals surface area contributed by atoms with E-state index >= 15 is 0 Å². The van der Waals surface area contributed by atoms with Crippen LogP contribution in [0.15, 0.2) is 12.4 Å². The summed E-state index contributed by atoms with van der Waals surface area (Å²) in [6.07, 6.45) is 5.87. The molecule has 86 valence electrons. The van der Waals surface area contributed by atoms with Crippen molar-refractivity contribution in [2.75, 3.05) is 25.6 Å². The van der Waals surface area contributed by atoms with Gasteiger partial charge < -0.3 is 4.90 Å². The third-order valence-corrected chi connectivity index (χ3v) is 2.76. The Kier molecular flexibility index (Phi) is 5.25. The fourth-order valence-electron chi connectivity index (χ4n) is 1.23. The van der Waals surface area contributed by atoms with Gasteiger partial charge in [-0.25, -0.2) is 4.98 Å². The largest absolute Gasteiger partial charge is 0.340 e. The van der Waals surface area contributed by atoms with Crippen LogP contribution in [0.4, 0.5) is 0 Å². The van der Waals surface area contributed by atoms with Crippen molar-refractivity contribution < 1.29 is 4.79 Å². The number of nitrogens with zero attached hydrogens (tertiary/aromatic N) is 3. The lowest BCUT2D eigenvalue weighted by Gasteiger charge is -2.16. The molecule has 0 unspecified atom stereocenters. The predicted octanol–water partition coefficient (Wildman–Crippen LogP) is 1.36. The van der Waals surface area contributed by atoms with Crippen LogP contribution in [-0.4, -0.2) is 46.4 Å². The molecule has 0 aliphatic carbocycles. The van der Waals surface area contributed by atoms with E-state index in [9.17, 15) is 4.79 Å². The van der Waals surface area contributed by atoms with Crippen molar-refractivity contribution in [3.63, 3.8) is 0 Å². The molecular formula is C11H15N3OS. The van der Waals surface area contributed by atoms with Gasteiger partial charge in [0.2, 0.25) is 0 Å². The zero-order chi connectivity index (χ0) is 12.0. The molecule has 1 aromatic rings. The molecule has 16 heavy (non-hydrogen) atoms. The molecule has 0 aromatic carbocycles. The molecule has 1 amide bonds. The smallest absolute Gasteiger partial charge is 0.273 e. The number of hydrogen-bond donors (Lipinski definition) is 0. The van der Waals surface area contributed by atoms with Gasteiger partial charge in [0.25, 0.3) is 5.91 Å². The van der Waals surface area contributed by atoms with Crippen LogP contribution in [0, 0.1) is 6.92 Å². The molecule has 0 saturated carbocycles. The van der Waals surface area contributed by atoms with Crippen LogP contribution in [0.25, 0.3) is 0 Å². The summed E-state index contributed by atoms with van der Waals surface area (Å²) >= 11 is 1.77. The highest BCUT2D eigenvalue weighted by Crippen LogP contribution is 2.02. The van der Waals surface area contributed by atoms with Gasteiger partial charge in [0.15, 0.2) is 0 Å². The van der Waals surface area contributed by atoms with Crippen molar-refractivity contribution in [2.45, 2.75) is 6.42 Å². The van der Waals surface area contributed by atoms with Gasteiger partial charge in [-0.15, -0.1) is 0 Å². The summed E-state index contributed by atoms with van der Waals surface area (Å²) in [5.41, 5.74) is 0.565. The molecule has 2 radical (unpaired) electrons. The van der Waals surface area contributed by atoms with Gasteiger partial charge >= 0.3 is 0 Å². The molecule has 0 N–H and O–H groups in total. The maximum absolute atomic E-state index is 11.9. The Hall–Kier alpha value is -1.10. The summed E-state index contributed by atoms with van der Waals surface area (Å²) in [6, 6.07) is 0. The van der Waals surface area contributed by atoms with Crippen LogP contribution in [0.5, 0.6) is 0 Å². The molecular weight excluding hydrogens is 222 g/mol. The average molecular weight is 237 g/mol. The second-order valence-corrected chi connectivity index (χ2v) is 4.39. The number of amides is 1. The maximum atomic E-state index is 11.9. The highest BCUT2D eigenvalue weighted by molar-refractivity contribution is 7.98. The molecule has 1 aromatic heterocycles. The average Bonchev–Trinajstić information content (AvgIpc) is 2.28. The quantitative estimate of drug-likeness (QED) is 0.725. The molecule has 0 atom stereocenters. The molecule has 4 nitrogen and oxygen atoms in total. The number of rotatable bonds is 5. The third kappa shape index (κ3) is 3.81. The first-order valence-electron chi connectivity index (χ1n) is 4.97. The zero-order valence-electron chi connectivity index (χ0n) is 9.51. The van der Waals surface area contributed by atoms with E-state index in [0.717, 1.165) is 18.7 Å². The van der Waals surface area contributed by atoms with Gasteiger partial charge in [0, 0.05) is 26.7 Å². The van der Waals surface area contributed by atoms with E-state index in [4.69, 9.17) is 6.92 Å². The van der Waals surface area contributed by atoms with Crippen molar-refractivity contribution in [3.05, 3.63) is 30.7 Å². The topological polar surface area (TPSA) is 46.1 Å². The lowest BCUT2D eigenvalue weighted by Crippen LogP contribution is -2.29. The Balaban J connectivity index is 2.56. The van der Waals surface area contributed by atoms with Crippen LogP contribution in [0.2, 0.25) is 0 Å². The van der Waals surface area contributed by atoms with Gasteiger partial charge in [-0.3, -0.25) is 9.78 Å². The maximum Gasteiger partial charge on any atom is 0.273 e. The minimum atomic E-state index is -0.138. The molecule has 1 heterocycles. The Bertz CT molecular complexity index is 357. The third-order valence-electron chi connectivity index (χ3n) is 2.06. The van der Waals surface area contributed by atoms with E-state index < -0.39 is 0 Å². The normalized spacial score (nSPS) is 10.2. The summed E-state index contributed by atoms with van der Waals surface area (Å²) in [6.45, 7) is 6.19. The van der Waals surface area contributed by atoms with E-state index in [1.165, 1.54) is 12.4 Å². The summed E-state index contributed by atoms with van der Waals surface area (Å²) in [7, 11) is 1.76. The first-order valence-corrected chi connectivity index (χ1v) is 6.36. The van der Waals surface area contributed by atoms with Crippen molar-refractivity contribution in [2.24, 2.45) is 0 Å². The lowest BCUT2D eigenvalue weighted by atomic mass is 10.3. The van der Waals surface area contributed by atoms with Crippen LogP contribution in [0.1, 0.15) is 22.6 Å². The van der Waals surface area contributed by atoms with E-state index in [1.54, 1.807) is 23.7 Å². The van der Waals surface area contributed by atoms with Crippen LogP contribution in [-0.2, 0) is 0 Å². The lowest BCUT2D eigenvalue weighted by molar-refractivity contribution is 0.0789. The van der Waals surface area contributed by atoms with Gasteiger partial charge in [-0.2, -0.15) is 11.8 Å². The number of carbonyl (C=O) groups excluding carboxylic acids is 1. The zero-order valence-corrected chi connectivity index (χ0v) is 10.3. The minimum absolute atomic E-state index is 0.138. The molecule has 0 fully saturated rings. The summed E-state index contributed by atoms with van der Waals surface area (Å²) in [4.78, 5) is 21.3. The Labute approximate surface area is 100 Å². The fourth-order valence-corrected chi connectivity index (χ4v) is 1.65. The summed E-state index contributed by atoms with van der Waals surface area (Å²) in [5, 5.41) is 0. The van der Waals surface area contributed by atoms with Crippen molar-refractivity contribution in [1.82, 2.24) is 14.9 Å². The van der Waals surface area contributed by atoms with Crippen molar-refractivity contribution in [1.29, 1.82) is 0 Å². The number of aromatic nitrogens is 2. The molecule has 0 saturated heterocycles. The van der Waals surface area contributed by atoms with E-state index in [2.05, 4.69) is 9.97 Å². The van der Waals surface area contributed by atoms with E-state index in [-0.39, 0.29) is 11.6 Å². The Morgan fingerprint density at radius 2 is 2.31 bits per heavy atom. The van der Waals surface area contributed by atoms with Crippen LogP contribution >= 0.6 is 11.8 Å². The predicted molar refractivity (Wildman–Crippen MR) is 65.4 cm³/mol. The molecule has 0 aliphatic heterocycles. The van der Waals surface area contributed by atoms with Gasteiger partial charge in [-0.1, -0.05) is 0 Å². The highest BCUT2D eigenvalue weighted by atomic mass is 32.2. The second-order valence-electron chi connectivity index (χ2n) is 3.40. The second kappa shape index (κ2) is 6.48. The Morgan fingerprint density at radius 3 is 2.94 bits per heavy atom. The van der Waals surface area contributed by atoms with Gasteiger partial charge in [-0.05, 0) is 18.4 Å². The number of carbonyl (C=O) groups is 1. The van der Waals surface area contributed by atoms with E-state index in [0.29, 0.717) is 5.69 Å². The van der Waals surface area contributed by atoms with Gasteiger partial charge in [0.1, 0.15) is 5.69 Å². The molecule has 5 heteroatoms. The number of hydrogen-bond acceptors (Lipinski definition) is 4. The van der Waals surface area contributed by atoms with Crippen LogP contribution < -0.4 is 0 Å². The Morgan fingerprint density at radius 1 is 1.56 bits per heavy atom. The minimum Gasteiger partial charge on any atom is -0.340 e. The van der Waals surface area contributed by atoms with E-state index in [1.807, 2.05) is 6.26 Å². The highest BCUT2D eigenvalue weighted by Gasteiger charge is 2.12. The van der Waals surface area contributed by atoms with Crippen molar-refractivity contribution >= 4 is 17.7 Å². The fraction of sp³-hybridized carbons (Fsp3) is 0.455. The SMILES string of the molecule is [CH]c1cncc(C(=O)N(C)CCCSC)n1. The molecule has 0 bridgehead atoms. The van der Waals surface area contributed by atoms with Crippen LogP contribution in [0.3, 0.4) is 0 Å². The van der Waals surface area contributed by atoms with Crippen molar-refractivity contribution in [3.8, 4) is 0 Å². The first kappa shape index (κ1) is 13.0. The summed E-state index contributed by atoms with van der Waals surface area (Å²) in [5.74, 6) is 0.904. The number of thioether (sulfide) groups is 1. The monoisotopic (exact) mass is 237 g/mol. The first-order chi connectivity index (χ1) is 7.65. The summed E-state index contributed by atoms with van der Waals surface area (Å²) < 4.78 is 0.